The summed E-state index contributed by atoms with van der Waals surface area (Å²) in [5, 5.41) is 17.1. The van der Waals surface area contributed by atoms with Crippen molar-refractivity contribution >= 4 is 32.6 Å². The molecule has 2 unspecified atom stereocenters. The summed E-state index contributed by atoms with van der Waals surface area (Å²) in [6.45, 7) is 1.92. The van der Waals surface area contributed by atoms with Gasteiger partial charge in [0.1, 0.15) is 17.2 Å². The normalized spacial score (nSPS) is 12.9. The van der Waals surface area contributed by atoms with Gasteiger partial charge in [-0.2, -0.15) is 0 Å². The molecule has 31 heavy (non-hydrogen) atoms. The Labute approximate surface area is 183 Å². The van der Waals surface area contributed by atoms with Crippen molar-refractivity contribution in [3.05, 3.63) is 78.1 Å². The van der Waals surface area contributed by atoms with Gasteiger partial charge in [-0.05, 0) is 30.7 Å². The van der Waals surface area contributed by atoms with Crippen LogP contribution in [-0.2, 0) is 0 Å². The van der Waals surface area contributed by atoms with E-state index in [4.69, 9.17) is 4.74 Å². The molecule has 2 aromatic carbocycles. The van der Waals surface area contributed by atoms with E-state index >= 15 is 0 Å². The van der Waals surface area contributed by atoms with E-state index in [1.165, 1.54) is 17.5 Å². The molecule has 0 aliphatic carbocycles. The maximum atomic E-state index is 11.8. The third-order valence-corrected chi connectivity index (χ3v) is 5.70. The molecular weight excluding hydrogens is 412 g/mol. The van der Waals surface area contributed by atoms with Crippen LogP contribution in [0.4, 0.5) is 5.13 Å². The lowest BCUT2D eigenvalue weighted by atomic mass is 10.0. The molecule has 0 saturated heterocycles. The summed E-state index contributed by atoms with van der Waals surface area (Å²) < 4.78 is 6.85. The van der Waals surface area contributed by atoms with Crippen LogP contribution >= 0.6 is 11.3 Å². The van der Waals surface area contributed by atoms with Crippen molar-refractivity contribution in [1.82, 2.24) is 15.3 Å². The van der Waals surface area contributed by atoms with Crippen LogP contribution in [0.1, 0.15) is 29.1 Å². The zero-order valence-electron chi connectivity index (χ0n) is 17.1. The van der Waals surface area contributed by atoms with E-state index in [1.807, 2.05) is 55.5 Å². The maximum absolute atomic E-state index is 11.8. The number of carbonyl (C=O) groups is 1. The number of pyridine rings is 1. The van der Waals surface area contributed by atoms with Gasteiger partial charge in [0.2, 0.25) is 0 Å². The fraction of sp³-hybridized carbons (Fsp3) is 0.174. The Bertz CT molecular complexity index is 1200. The number of hydrogen-bond acceptors (Lipinski definition) is 7. The molecule has 3 N–H and O–H groups in total. The first kappa shape index (κ1) is 20.8. The number of rotatable bonds is 7. The number of aliphatic hydroxyl groups excluding tert-OH is 1. The molecule has 0 bridgehead atoms. The van der Waals surface area contributed by atoms with E-state index in [-0.39, 0.29) is 17.6 Å². The lowest BCUT2D eigenvalue weighted by Crippen LogP contribution is -2.23. The number of ether oxygens (including phenoxy) is 1. The highest BCUT2D eigenvalue weighted by Crippen LogP contribution is 2.32. The summed E-state index contributed by atoms with van der Waals surface area (Å²) in [5.41, 5.74) is 1.98. The Balaban J connectivity index is 1.49. The first-order valence-corrected chi connectivity index (χ1v) is 10.6. The number of amides is 1. The minimum atomic E-state index is -0.645. The molecule has 2 atom stereocenters. The molecule has 0 saturated carbocycles. The van der Waals surface area contributed by atoms with Crippen LogP contribution in [0.15, 0.2) is 66.9 Å². The minimum Gasteiger partial charge on any atom is -0.457 e. The van der Waals surface area contributed by atoms with Crippen molar-refractivity contribution in [2.75, 3.05) is 12.4 Å². The number of aromatic nitrogens is 2. The molecular formula is C23H22N4O3S. The number of hydrogen-bond donors (Lipinski definition) is 3. The monoisotopic (exact) mass is 434 g/mol. The zero-order chi connectivity index (χ0) is 21.8. The molecule has 0 fully saturated rings. The van der Waals surface area contributed by atoms with Crippen LogP contribution in [0, 0.1) is 0 Å². The van der Waals surface area contributed by atoms with Gasteiger partial charge in [-0.15, -0.1) is 0 Å². The Morgan fingerprint density at radius 1 is 1.10 bits per heavy atom. The van der Waals surface area contributed by atoms with Crippen molar-refractivity contribution in [3.8, 4) is 11.5 Å². The van der Waals surface area contributed by atoms with E-state index in [1.54, 1.807) is 19.2 Å². The minimum absolute atomic E-state index is 0.210. The van der Waals surface area contributed by atoms with Gasteiger partial charge in [0.25, 0.3) is 5.91 Å². The van der Waals surface area contributed by atoms with Crippen LogP contribution in [0.2, 0.25) is 0 Å². The summed E-state index contributed by atoms with van der Waals surface area (Å²) in [7, 11) is 1.56. The number of benzene rings is 2. The number of carbonyl (C=O) groups excluding carboxylic acids is 1. The van der Waals surface area contributed by atoms with Crippen LogP contribution < -0.4 is 15.4 Å². The van der Waals surface area contributed by atoms with Gasteiger partial charge in [0.15, 0.2) is 5.13 Å². The molecule has 8 heteroatoms. The molecule has 1 amide bonds. The average molecular weight is 435 g/mol. The smallest absolute Gasteiger partial charge is 0.269 e. The number of anilines is 1. The van der Waals surface area contributed by atoms with Gasteiger partial charge in [0.05, 0.1) is 22.4 Å². The highest BCUT2D eigenvalue weighted by molar-refractivity contribution is 7.22. The molecule has 0 aliphatic rings. The number of nitrogens with one attached hydrogen (secondary N) is 2. The lowest BCUT2D eigenvalue weighted by Gasteiger charge is -2.20. The van der Waals surface area contributed by atoms with Crippen molar-refractivity contribution in [2.45, 2.75) is 19.1 Å². The number of aliphatic hydroxyl groups is 1. The van der Waals surface area contributed by atoms with Crippen molar-refractivity contribution in [3.63, 3.8) is 0 Å². The summed E-state index contributed by atoms with van der Waals surface area (Å²) in [5.74, 6) is 0.885. The summed E-state index contributed by atoms with van der Waals surface area (Å²) in [6.07, 6.45) is 0.889. The molecule has 0 radical (unpaired) electrons. The zero-order valence-corrected chi connectivity index (χ0v) is 17.9. The van der Waals surface area contributed by atoms with Crippen molar-refractivity contribution in [2.24, 2.45) is 0 Å². The number of fused-ring (bicyclic) bond motifs is 1. The fourth-order valence-electron chi connectivity index (χ4n) is 3.11. The van der Waals surface area contributed by atoms with Gasteiger partial charge in [-0.1, -0.05) is 41.7 Å². The molecule has 4 aromatic rings. The summed E-state index contributed by atoms with van der Waals surface area (Å²) >= 11 is 1.48. The average Bonchev–Trinajstić information content (AvgIpc) is 3.20. The van der Waals surface area contributed by atoms with E-state index in [0.717, 1.165) is 20.9 Å². The van der Waals surface area contributed by atoms with Gasteiger partial charge in [-0.3, -0.25) is 9.78 Å². The van der Waals surface area contributed by atoms with Crippen LogP contribution in [-0.4, -0.2) is 34.1 Å². The first-order chi connectivity index (χ1) is 15.0. The second kappa shape index (κ2) is 9.11. The molecule has 4 rings (SSSR count). The van der Waals surface area contributed by atoms with Gasteiger partial charge in [-0.25, -0.2) is 4.98 Å². The van der Waals surface area contributed by atoms with E-state index in [9.17, 15) is 9.90 Å². The summed E-state index contributed by atoms with van der Waals surface area (Å²) in [6, 6.07) is 18.2. The van der Waals surface area contributed by atoms with Gasteiger partial charge < -0.3 is 20.5 Å². The van der Waals surface area contributed by atoms with E-state index in [2.05, 4.69) is 20.6 Å². The maximum Gasteiger partial charge on any atom is 0.269 e. The van der Waals surface area contributed by atoms with Crippen LogP contribution in [0.3, 0.4) is 0 Å². The highest BCUT2D eigenvalue weighted by Gasteiger charge is 2.17. The van der Waals surface area contributed by atoms with Gasteiger partial charge >= 0.3 is 0 Å². The predicted octanol–water partition coefficient (Wildman–Crippen LogP) is 4.38. The van der Waals surface area contributed by atoms with E-state index in [0.29, 0.717) is 11.5 Å². The SMILES string of the molecule is CNC(=O)c1cc(Oc2ccc3nc(NC(C)C(O)c4ccccc4)sc3c2)ccn1. The first-order valence-electron chi connectivity index (χ1n) is 9.79. The fourth-order valence-corrected chi connectivity index (χ4v) is 4.10. The molecule has 0 aliphatic heterocycles. The molecule has 0 spiro atoms. The van der Waals surface area contributed by atoms with Gasteiger partial charge in [0, 0.05) is 25.4 Å². The standard InChI is InChI=1S/C23H22N4O3S/c1-14(21(28)15-6-4-3-5-7-15)26-23-27-18-9-8-16(13-20(18)31-23)30-17-10-11-25-19(12-17)22(29)24-2/h3-14,21,28H,1-2H3,(H,24,29)(H,26,27). The molecule has 2 aromatic heterocycles. The van der Waals surface area contributed by atoms with E-state index < -0.39 is 6.10 Å². The van der Waals surface area contributed by atoms with Crippen LogP contribution in [0.5, 0.6) is 11.5 Å². The summed E-state index contributed by atoms with van der Waals surface area (Å²) in [4.78, 5) is 20.4. The Morgan fingerprint density at radius 2 is 1.87 bits per heavy atom. The second-order valence-electron chi connectivity index (χ2n) is 7.00. The molecule has 158 valence electrons. The van der Waals surface area contributed by atoms with Crippen molar-refractivity contribution < 1.29 is 14.6 Å². The Morgan fingerprint density at radius 3 is 2.65 bits per heavy atom. The molecule has 7 nitrogen and oxygen atoms in total. The van der Waals surface area contributed by atoms with Crippen molar-refractivity contribution in [1.29, 1.82) is 0 Å². The second-order valence-corrected chi connectivity index (χ2v) is 8.03. The predicted molar refractivity (Wildman–Crippen MR) is 122 cm³/mol. The quantitative estimate of drug-likeness (QED) is 0.400. The Kier molecular flexibility index (Phi) is 6.11. The van der Waals surface area contributed by atoms with Crippen LogP contribution in [0.25, 0.3) is 10.2 Å². The largest absolute Gasteiger partial charge is 0.457 e. The lowest BCUT2D eigenvalue weighted by molar-refractivity contribution is 0.0958. The third kappa shape index (κ3) is 4.82. The number of thiazole rings is 1. The molecule has 2 heterocycles. The number of nitrogens with zero attached hydrogens (tertiary/aromatic N) is 2. The topological polar surface area (TPSA) is 96.4 Å². The highest BCUT2D eigenvalue weighted by atomic mass is 32.1. The Hall–Kier alpha value is -3.49. The third-order valence-electron chi connectivity index (χ3n) is 4.75.